The number of carbonyl (C=O) groups excluding carboxylic acids is 2. The summed E-state index contributed by atoms with van der Waals surface area (Å²) in [5, 5.41) is 3.14. The van der Waals surface area contributed by atoms with Crippen molar-refractivity contribution in [2.24, 2.45) is 0 Å². The van der Waals surface area contributed by atoms with Crippen LogP contribution in [0.1, 0.15) is 59.3 Å². The second kappa shape index (κ2) is 9.27. The summed E-state index contributed by atoms with van der Waals surface area (Å²) in [4.78, 5) is 38.2. The Morgan fingerprint density at radius 1 is 1.09 bits per heavy atom. The zero-order valence-corrected chi connectivity index (χ0v) is 19.5. The van der Waals surface area contributed by atoms with E-state index in [1.807, 2.05) is 25.1 Å². The Morgan fingerprint density at radius 3 is 2.47 bits per heavy atom. The average Bonchev–Trinajstić information content (AvgIpc) is 3.14. The SMILES string of the molecule is CNc1cc(C2CC(=O)N(C)C2)nc(C2CCN(C(=O)Cc3ccc(C)c(C)c3)CC2)n1. The van der Waals surface area contributed by atoms with Gasteiger partial charge in [0, 0.05) is 58.1 Å². The molecule has 2 aromatic rings. The van der Waals surface area contributed by atoms with Gasteiger partial charge in [-0.25, -0.2) is 9.97 Å². The molecule has 0 saturated carbocycles. The summed E-state index contributed by atoms with van der Waals surface area (Å²) in [7, 11) is 3.70. The zero-order valence-electron chi connectivity index (χ0n) is 19.5. The maximum atomic E-state index is 12.8. The number of likely N-dealkylation sites (N-methyl/N-ethyl adjacent to an activating group) is 1. The third-order valence-corrected chi connectivity index (χ3v) is 6.92. The Morgan fingerprint density at radius 2 is 1.84 bits per heavy atom. The summed E-state index contributed by atoms with van der Waals surface area (Å²) in [6.45, 7) is 6.32. The van der Waals surface area contributed by atoms with Gasteiger partial charge in [0.05, 0.1) is 12.1 Å². The smallest absolute Gasteiger partial charge is 0.226 e. The number of likely N-dealkylation sites (tertiary alicyclic amines) is 2. The van der Waals surface area contributed by atoms with E-state index >= 15 is 0 Å². The molecule has 1 atom stereocenters. The quantitative estimate of drug-likeness (QED) is 0.781. The van der Waals surface area contributed by atoms with Crippen LogP contribution in [-0.4, -0.2) is 65.3 Å². The van der Waals surface area contributed by atoms with Crippen LogP contribution in [0.2, 0.25) is 0 Å². The molecule has 3 heterocycles. The van der Waals surface area contributed by atoms with Crippen LogP contribution in [-0.2, 0) is 16.0 Å². The number of benzene rings is 1. The van der Waals surface area contributed by atoms with E-state index in [1.165, 1.54) is 11.1 Å². The summed E-state index contributed by atoms with van der Waals surface area (Å²) in [6, 6.07) is 8.22. The minimum atomic E-state index is 0.112. The summed E-state index contributed by atoms with van der Waals surface area (Å²) >= 11 is 0. The van der Waals surface area contributed by atoms with E-state index in [0.29, 0.717) is 19.4 Å². The van der Waals surface area contributed by atoms with E-state index in [2.05, 4.69) is 37.4 Å². The molecule has 2 fully saturated rings. The first-order valence-electron chi connectivity index (χ1n) is 11.5. The highest BCUT2D eigenvalue weighted by atomic mass is 16.2. The lowest BCUT2D eigenvalue weighted by Gasteiger charge is -2.32. The van der Waals surface area contributed by atoms with Crippen LogP contribution in [0.4, 0.5) is 5.82 Å². The Balaban J connectivity index is 1.41. The number of carbonyl (C=O) groups is 2. The largest absolute Gasteiger partial charge is 0.373 e. The first kappa shape index (κ1) is 22.2. The minimum Gasteiger partial charge on any atom is -0.373 e. The number of aromatic nitrogens is 2. The highest BCUT2D eigenvalue weighted by Gasteiger charge is 2.31. The van der Waals surface area contributed by atoms with E-state index in [-0.39, 0.29) is 23.7 Å². The van der Waals surface area contributed by atoms with Gasteiger partial charge in [0.2, 0.25) is 11.8 Å². The summed E-state index contributed by atoms with van der Waals surface area (Å²) in [6.07, 6.45) is 2.66. The van der Waals surface area contributed by atoms with Crippen molar-refractivity contribution >= 4 is 17.6 Å². The molecule has 7 nitrogen and oxygen atoms in total. The van der Waals surface area contributed by atoms with Crippen molar-refractivity contribution in [3.05, 3.63) is 52.5 Å². The zero-order chi connectivity index (χ0) is 22.8. The molecule has 1 unspecified atom stereocenters. The van der Waals surface area contributed by atoms with Gasteiger partial charge in [-0.3, -0.25) is 9.59 Å². The molecule has 2 aliphatic heterocycles. The summed E-state index contributed by atoms with van der Waals surface area (Å²) in [5.74, 6) is 2.31. The van der Waals surface area contributed by atoms with Gasteiger partial charge in [-0.1, -0.05) is 18.2 Å². The second-order valence-corrected chi connectivity index (χ2v) is 9.21. The lowest BCUT2D eigenvalue weighted by molar-refractivity contribution is -0.131. The van der Waals surface area contributed by atoms with Crippen molar-refractivity contribution in [3.63, 3.8) is 0 Å². The van der Waals surface area contributed by atoms with Gasteiger partial charge in [-0.05, 0) is 43.4 Å². The van der Waals surface area contributed by atoms with E-state index in [4.69, 9.17) is 9.97 Å². The molecule has 2 aliphatic rings. The van der Waals surface area contributed by atoms with Gasteiger partial charge in [0.1, 0.15) is 11.6 Å². The highest BCUT2D eigenvalue weighted by Crippen LogP contribution is 2.31. The molecule has 0 radical (unpaired) electrons. The van der Waals surface area contributed by atoms with E-state index < -0.39 is 0 Å². The van der Waals surface area contributed by atoms with E-state index in [0.717, 1.165) is 48.8 Å². The maximum Gasteiger partial charge on any atom is 0.226 e. The minimum absolute atomic E-state index is 0.112. The summed E-state index contributed by atoms with van der Waals surface area (Å²) in [5.41, 5.74) is 4.48. The topological polar surface area (TPSA) is 78.4 Å². The van der Waals surface area contributed by atoms with Crippen LogP contribution in [0.5, 0.6) is 0 Å². The molecule has 2 saturated heterocycles. The number of anilines is 1. The van der Waals surface area contributed by atoms with Gasteiger partial charge in [0.25, 0.3) is 0 Å². The lowest BCUT2D eigenvalue weighted by Crippen LogP contribution is -2.39. The Hall–Kier alpha value is -2.96. The predicted molar refractivity (Wildman–Crippen MR) is 125 cm³/mol. The monoisotopic (exact) mass is 435 g/mol. The van der Waals surface area contributed by atoms with Crippen molar-refractivity contribution in [3.8, 4) is 0 Å². The molecule has 1 aromatic carbocycles. The normalized spacial score (nSPS) is 19.5. The van der Waals surface area contributed by atoms with Gasteiger partial charge in [-0.2, -0.15) is 0 Å². The fraction of sp³-hybridized carbons (Fsp3) is 0.520. The fourth-order valence-electron chi connectivity index (χ4n) is 4.65. The number of piperidine rings is 1. The molecule has 1 N–H and O–H groups in total. The predicted octanol–water partition coefficient (Wildman–Crippen LogP) is 3.03. The third kappa shape index (κ3) is 4.76. The number of amides is 2. The van der Waals surface area contributed by atoms with Crippen LogP contribution in [0.25, 0.3) is 0 Å². The van der Waals surface area contributed by atoms with Gasteiger partial charge >= 0.3 is 0 Å². The number of hydrogen-bond donors (Lipinski definition) is 1. The van der Waals surface area contributed by atoms with Crippen LogP contribution in [0.15, 0.2) is 24.3 Å². The molecule has 4 rings (SSSR count). The van der Waals surface area contributed by atoms with Crippen molar-refractivity contribution < 1.29 is 9.59 Å². The molecule has 0 spiro atoms. The van der Waals surface area contributed by atoms with Gasteiger partial charge in [0.15, 0.2) is 0 Å². The van der Waals surface area contributed by atoms with Crippen molar-refractivity contribution in [1.29, 1.82) is 0 Å². The second-order valence-electron chi connectivity index (χ2n) is 9.21. The molecule has 1 aromatic heterocycles. The molecule has 0 bridgehead atoms. The van der Waals surface area contributed by atoms with E-state index in [1.54, 1.807) is 4.90 Å². The standard InChI is InChI=1S/C25H33N5O2/c1-16-5-6-18(11-17(16)2)12-24(32)30-9-7-19(8-10-30)25-27-21(14-22(26-3)28-25)20-13-23(31)29(4)15-20/h5-6,11,14,19-20H,7-10,12-13,15H2,1-4H3,(H,26,27,28). The van der Waals surface area contributed by atoms with Crippen molar-refractivity contribution in [2.75, 3.05) is 39.0 Å². The van der Waals surface area contributed by atoms with Crippen LogP contribution in [0.3, 0.4) is 0 Å². The van der Waals surface area contributed by atoms with Crippen LogP contribution < -0.4 is 5.32 Å². The number of rotatable bonds is 5. The number of nitrogens with zero attached hydrogens (tertiary/aromatic N) is 4. The average molecular weight is 436 g/mol. The molecular weight excluding hydrogens is 402 g/mol. The Bertz CT molecular complexity index is 1010. The highest BCUT2D eigenvalue weighted by molar-refractivity contribution is 5.79. The Kier molecular flexibility index (Phi) is 6.44. The number of hydrogen-bond acceptors (Lipinski definition) is 5. The lowest BCUT2D eigenvalue weighted by atomic mass is 9.94. The third-order valence-electron chi connectivity index (χ3n) is 6.92. The van der Waals surface area contributed by atoms with Crippen molar-refractivity contribution in [1.82, 2.24) is 19.8 Å². The molecule has 7 heteroatoms. The van der Waals surface area contributed by atoms with Gasteiger partial charge in [-0.15, -0.1) is 0 Å². The fourth-order valence-corrected chi connectivity index (χ4v) is 4.65. The van der Waals surface area contributed by atoms with Crippen LogP contribution >= 0.6 is 0 Å². The van der Waals surface area contributed by atoms with Gasteiger partial charge < -0.3 is 15.1 Å². The number of aryl methyl sites for hydroxylation is 2. The molecule has 0 aliphatic carbocycles. The molecular formula is C25H33N5O2. The first-order valence-corrected chi connectivity index (χ1v) is 11.5. The van der Waals surface area contributed by atoms with E-state index in [9.17, 15) is 9.59 Å². The molecule has 32 heavy (non-hydrogen) atoms. The summed E-state index contributed by atoms with van der Waals surface area (Å²) < 4.78 is 0. The van der Waals surface area contributed by atoms with Crippen LogP contribution in [0, 0.1) is 13.8 Å². The first-order chi connectivity index (χ1) is 15.3. The number of nitrogens with one attached hydrogen (secondary N) is 1. The maximum absolute atomic E-state index is 12.8. The van der Waals surface area contributed by atoms with Crippen molar-refractivity contribution in [2.45, 2.75) is 51.4 Å². The Labute approximate surface area is 190 Å². The molecule has 2 amide bonds. The molecule has 170 valence electrons.